The molecule has 1 aliphatic rings. The van der Waals surface area contributed by atoms with Gasteiger partial charge in [0, 0.05) is 17.8 Å². The van der Waals surface area contributed by atoms with E-state index in [4.69, 9.17) is 26.5 Å². The molecule has 0 aliphatic carbocycles. The van der Waals surface area contributed by atoms with Crippen molar-refractivity contribution in [1.82, 2.24) is 20.4 Å². The third kappa shape index (κ3) is 4.65. The minimum atomic E-state index is -0.304. The van der Waals surface area contributed by atoms with Crippen LogP contribution >= 0.6 is 12.2 Å². The summed E-state index contributed by atoms with van der Waals surface area (Å²) in [6.07, 6.45) is 0. The van der Waals surface area contributed by atoms with Crippen molar-refractivity contribution in [2.45, 2.75) is 19.5 Å². The number of ether oxygens (including phenoxy) is 1. The van der Waals surface area contributed by atoms with Crippen LogP contribution in [0.5, 0.6) is 5.75 Å². The topological polar surface area (TPSA) is 63.4 Å². The van der Waals surface area contributed by atoms with Crippen LogP contribution in [-0.4, -0.2) is 27.3 Å². The minimum absolute atomic E-state index is 0.278. The van der Waals surface area contributed by atoms with Gasteiger partial charge in [-0.15, -0.1) is 0 Å². The molecule has 1 atom stereocenters. The van der Waals surface area contributed by atoms with Crippen molar-refractivity contribution >= 4 is 22.9 Å². The number of halogens is 1. The highest BCUT2D eigenvalue weighted by molar-refractivity contribution is 7.80. The van der Waals surface area contributed by atoms with Crippen molar-refractivity contribution in [3.8, 4) is 17.1 Å². The molecule has 35 heavy (non-hydrogen) atoms. The van der Waals surface area contributed by atoms with Gasteiger partial charge in [-0.25, -0.2) is 4.39 Å². The molecule has 1 aliphatic heterocycles. The molecule has 8 heteroatoms. The molecule has 1 N–H and O–H groups in total. The number of benzene rings is 3. The van der Waals surface area contributed by atoms with E-state index in [1.54, 1.807) is 19.2 Å². The number of hydrogen-bond acceptors (Lipinski definition) is 5. The molecule has 3 aromatic carbocycles. The van der Waals surface area contributed by atoms with Gasteiger partial charge in [-0.3, -0.25) is 0 Å². The maximum absolute atomic E-state index is 13.4. The van der Waals surface area contributed by atoms with E-state index in [0.29, 0.717) is 23.4 Å². The normalized spacial score (nSPS) is 15.8. The van der Waals surface area contributed by atoms with Gasteiger partial charge in [0.25, 0.3) is 5.89 Å². The Bertz CT molecular complexity index is 1370. The van der Waals surface area contributed by atoms with Crippen molar-refractivity contribution in [2.24, 2.45) is 0 Å². The maximum Gasteiger partial charge on any atom is 0.258 e. The molecule has 0 spiro atoms. The second-order valence-electron chi connectivity index (χ2n) is 8.16. The highest BCUT2D eigenvalue weighted by Crippen LogP contribution is 2.38. The number of nitrogens with zero attached hydrogens (tertiary/aromatic N) is 3. The first kappa shape index (κ1) is 22.7. The molecular weight excluding hydrogens is 463 g/mol. The fourth-order valence-electron chi connectivity index (χ4n) is 4.10. The van der Waals surface area contributed by atoms with Crippen LogP contribution in [0.25, 0.3) is 17.0 Å². The number of allylic oxidation sites excluding steroid dienone is 1. The van der Waals surface area contributed by atoms with Crippen molar-refractivity contribution in [3.63, 3.8) is 0 Å². The summed E-state index contributed by atoms with van der Waals surface area (Å²) in [5, 5.41) is 8.22. The zero-order chi connectivity index (χ0) is 24.4. The number of rotatable bonds is 6. The first-order valence-corrected chi connectivity index (χ1v) is 11.5. The second-order valence-corrected chi connectivity index (χ2v) is 8.54. The Kier molecular flexibility index (Phi) is 6.29. The Morgan fingerprint density at radius 3 is 2.43 bits per heavy atom. The molecule has 0 radical (unpaired) electrons. The first-order chi connectivity index (χ1) is 17.0. The quantitative estimate of drug-likeness (QED) is 0.348. The van der Waals surface area contributed by atoms with Crippen molar-refractivity contribution < 1.29 is 13.7 Å². The lowest BCUT2D eigenvalue weighted by molar-refractivity contribution is 0.396. The van der Waals surface area contributed by atoms with Crippen LogP contribution in [-0.2, 0) is 6.54 Å². The van der Waals surface area contributed by atoms with Crippen LogP contribution in [0, 0.1) is 5.82 Å². The van der Waals surface area contributed by atoms with Gasteiger partial charge in [-0.05, 0) is 54.5 Å². The minimum Gasteiger partial charge on any atom is -0.497 e. The second kappa shape index (κ2) is 9.68. The molecule has 0 fully saturated rings. The molecular formula is C27H23FN4O2S. The summed E-state index contributed by atoms with van der Waals surface area (Å²) in [4.78, 5) is 6.68. The van der Waals surface area contributed by atoms with Gasteiger partial charge in [0.1, 0.15) is 11.6 Å². The lowest BCUT2D eigenvalue weighted by Crippen LogP contribution is -2.45. The van der Waals surface area contributed by atoms with Gasteiger partial charge >= 0.3 is 0 Å². The van der Waals surface area contributed by atoms with Crippen LogP contribution in [0.4, 0.5) is 4.39 Å². The summed E-state index contributed by atoms with van der Waals surface area (Å²) in [6, 6.07) is 23.5. The van der Waals surface area contributed by atoms with Gasteiger partial charge < -0.3 is 19.5 Å². The Labute approximate surface area is 208 Å². The predicted octanol–water partition coefficient (Wildman–Crippen LogP) is 5.75. The predicted molar refractivity (Wildman–Crippen MR) is 136 cm³/mol. The molecule has 5 rings (SSSR count). The van der Waals surface area contributed by atoms with Crippen LogP contribution in [0.2, 0.25) is 0 Å². The molecule has 1 unspecified atom stereocenters. The lowest BCUT2D eigenvalue weighted by atomic mass is 9.94. The van der Waals surface area contributed by atoms with E-state index in [9.17, 15) is 4.39 Å². The Morgan fingerprint density at radius 2 is 1.74 bits per heavy atom. The Morgan fingerprint density at radius 1 is 1.03 bits per heavy atom. The van der Waals surface area contributed by atoms with E-state index in [1.807, 2.05) is 66.4 Å². The lowest BCUT2D eigenvalue weighted by Gasteiger charge is -2.37. The molecule has 6 nitrogen and oxygen atoms in total. The fraction of sp³-hybridized carbons (Fsp3) is 0.148. The van der Waals surface area contributed by atoms with Gasteiger partial charge in [0.15, 0.2) is 5.11 Å². The van der Waals surface area contributed by atoms with Gasteiger partial charge in [-0.1, -0.05) is 59.8 Å². The van der Waals surface area contributed by atoms with E-state index in [2.05, 4.69) is 10.5 Å². The number of hydrogen-bond donors (Lipinski definition) is 1. The van der Waals surface area contributed by atoms with Gasteiger partial charge in [-0.2, -0.15) is 4.98 Å². The standard InChI is InChI=1S/C27H23FN4O2S/c1-17-23(26-30-25(31-34-26)20-6-4-3-5-7-20)24(19-10-14-22(33-2)15-11-19)29-27(35)32(17)16-18-8-12-21(28)13-9-18/h3-15,24H,16H2,1-2H3,(H,29,35). The van der Waals surface area contributed by atoms with Crippen LogP contribution < -0.4 is 10.1 Å². The summed E-state index contributed by atoms with van der Waals surface area (Å²) >= 11 is 5.75. The summed E-state index contributed by atoms with van der Waals surface area (Å²) in [5.74, 6) is 1.39. The van der Waals surface area contributed by atoms with Crippen molar-refractivity contribution in [2.75, 3.05) is 7.11 Å². The molecule has 0 bridgehead atoms. The summed E-state index contributed by atoms with van der Waals surface area (Å²) in [7, 11) is 1.63. The zero-order valence-corrected chi connectivity index (χ0v) is 20.1. The molecule has 2 heterocycles. The number of thiocarbonyl (C=S) groups is 1. The maximum atomic E-state index is 13.4. The first-order valence-electron chi connectivity index (χ1n) is 11.1. The third-order valence-electron chi connectivity index (χ3n) is 5.99. The summed E-state index contributed by atoms with van der Waals surface area (Å²) < 4.78 is 24.5. The highest BCUT2D eigenvalue weighted by Gasteiger charge is 2.34. The summed E-state index contributed by atoms with van der Waals surface area (Å²) in [6.45, 7) is 2.45. The average Bonchev–Trinajstić information content (AvgIpc) is 3.38. The average molecular weight is 487 g/mol. The van der Waals surface area contributed by atoms with Crippen LogP contribution in [0.1, 0.15) is 30.0 Å². The van der Waals surface area contributed by atoms with Crippen molar-refractivity contribution in [1.29, 1.82) is 0 Å². The molecule has 0 saturated carbocycles. The molecule has 4 aromatic rings. The number of methoxy groups -OCH3 is 1. The molecule has 0 saturated heterocycles. The van der Waals surface area contributed by atoms with Crippen LogP contribution in [0.15, 0.2) is 89.1 Å². The van der Waals surface area contributed by atoms with E-state index in [-0.39, 0.29) is 11.9 Å². The Hall–Kier alpha value is -4.04. The van der Waals surface area contributed by atoms with Crippen molar-refractivity contribution in [3.05, 3.63) is 107 Å². The van der Waals surface area contributed by atoms with E-state index in [0.717, 1.165) is 33.7 Å². The highest BCUT2D eigenvalue weighted by atomic mass is 32.1. The zero-order valence-electron chi connectivity index (χ0n) is 19.2. The Balaban J connectivity index is 1.58. The van der Waals surface area contributed by atoms with Gasteiger partial charge in [0.2, 0.25) is 5.82 Å². The largest absolute Gasteiger partial charge is 0.497 e. The van der Waals surface area contributed by atoms with E-state index in [1.165, 1.54) is 12.1 Å². The molecule has 1 aromatic heterocycles. The van der Waals surface area contributed by atoms with Crippen LogP contribution in [0.3, 0.4) is 0 Å². The fourth-order valence-corrected chi connectivity index (χ4v) is 4.42. The molecule has 0 amide bonds. The van der Waals surface area contributed by atoms with Gasteiger partial charge in [0.05, 0.1) is 18.7 Å². The number of aromatic nitrogens is 2. The third-order valence-corrected chi connectivity index (χ3v) is 6.33. The van der Waals surface area contributed by atoms with E-state index >= 15 is 0 Å². The van der Waals surface area contributed by atoms with E-state index < -0.39 is 0 Å². The number of nitrogens with one attached hydrogen (secondary N) is 1. The molecule has 176 valence electrons. The monoisotopic (exact) mass is 486 g/mol. The SMILES string of the molecule is COc1ccc(C2NC(=S)N(Cc3ccc(F)cc3)C(C)=C2c2nc(-c3ccccc3)no2)cc1. The smallest absolute Gasteiger partial charge is 0.258 e. The summed E-state index contributed by atoms with van der Waals surface area (Å²) in [5.41, 5.74) is 4.46.